The van der Waals surface area contributed by atoms with Crippen molar-refractivity contribution in [1.29, 1.82) is 0 Å². The Bertz CT molecular complexity index is 427. The number of hydrogen-bond donors (Lipinski definition) is 1. The molecule has 1 aliphatic rings. The van der Waals surface area contributed by atoms with E-state index in [1.165, 1.54) is 0 Å². The third-order valence-corrected chi connectivity index (χ3v) is 3.44. The van der Waals surface area contributed by atoms with E-state index in [0.29, 0.717) is 12.4 Å². The van der Waals surface area contributed by atoms with E-state index >= 15 is 0 Å². The number of hydrogen-bond acceptors (Lipinski definition) is 5. The van der Waals surface area contributed by atoms with Crippen molar-refractivity contribution in [2.24, 2.45) is 0 Å². The number of amides is 1. The van der Waals surface area contributed by atoms with Gasteiger partial charge >= 0.3 is 6.09 Å². The summed E-state index contributed by atoms with van der Waals surface area (Å²) in [6.45, 7) is 9.61. The third kappa shape index (κ3) is 3.84. The van der Waals surface area contributed by atoms with Crippen molar-refractivity contribution in [2.75, 3.05) is 49.5 Å². The number of anilines is 2. The number of nitrogens with one attached hydrogen (secondary N) is 1. The number of piperazine rings is 1. The number of rotatable bonds is 4. The molecule has 0 radical (unpaired) electrons. The van der Waals surface area contributed by atoms with Gasteiger partial charge in [-0.2, -0.15) is 0 Å². The minimum Gasteiger partial charge on any atom is -0.450 e. The molecule has 0 atom stereocenters. The van der Waals surface area contributed by atoms with E-state index in [0.717, 1.165) is 38.4 Å². The van der Waals surface area contributed by atoms with E-state index in [9.17, 15) is 4.79 Å². The van der Waals surface area contributed by atoms with Crippen LogP contribution in [0.25, 0.3) is 0 Å². The minimum atomic E-state index is -0.468. The Labute approximate surface area is 119 Å². The van der Waals surface area contributed by atoms with Gasteiger partial charge in [-0.1, -0.05) is 6.92 Å². The molecule has 6 nitrogen and oxygen atoms in total. The molecule has 2 rings (SSSR count). The molecule has 0 unspecified atom stereocenters. The zero-order valence-electron chi connectivity index (χ0n) is 12.1. The molecule has 2 heterocycles. The predicted octanol–water partition coefficient (Wildman–Crippen LogP) is 1.79. The highest BCUT2D eigenvalue weighted by Crippen LogP contribution is 2.17. The lowest BCUT2D eigenvalue weighted by Gasteiger charge is -2.35. The number of carbonyl (C=O) groups is 1. The van der Waals surface area contributed by atoms with E-state index < -0.39 is 6.09 Å². The monoisotopic (exact) mass is 278 g/mol. The summed E-state index contributed by atoms with van der Waals surface area (Å²) in [7, 11) is 0. The van der Waals surface area contributed by atoms with E-state index in [1.54, 1.807) is 19.2 Å². The smallest absolute Gasteiger partial charge is 0.412 e. The summed E-state index contributed by atoms with van der Waals surface area (Å²) in [5.41, 5.74) is 1.09. The summed E-state index contributed by atoms with van der Waals surface area (Å²) in [6, 6.07) is 3.79. The van der Waals surface area contributed by atoms with Gasteiger partial charge in [0.15, 0.2) is 0 Å². The molecule has 1 aromatic rings. The lowest BCUT2D eigenvalue weighted by molar-refractivity contribution is 0.168. The van der Waals surface area contributed by atoms with Gasteiger partial charge < -0.3 is 14.5 Å². The van der Waals surface area contributed by atoms with Crippen LogP contribution in [0.2, 0.25) is 0 Å². The first-order valence-corrected chi connectivity index (χ1v) is 7.10. The molecule has 0 spiro atoms. The van der Waals surface area contributed by atoms with Gasteiger partial charge in [-0.15, -0.1) is 0 Å². The second kappa shape index (κ2) is 7.09. The average molecular weight is 278 g/mol. The number of pyridine rings is 1. The molecule has 0 bridgehead atoms. The lowest BCUT2D eigenvalue weighted by atomic mass is 10.2. The summed E-state index contributed by atoms with van der Waals surface area (Å²) in [6.07, 6.45) is 1.33. The minimum absolute atomic E-state index is 0.353. The van der Waals surface area contributed by atoms with Gasteiger partial charge in [0.25, 0.3) is 0 Å². The van der Waals surface area contributed by atoms with Crippen LogP contribution in [0.1, 0.15) is 13.8 Å². The maximum absolute atomic E-state index is 11.3. The van der Waals surface area contributed by atoms with Gasteiger partial charge in [0.05, 0.1) is 18.5 Å². The standard InChI is InChI=1S/C14H22N4O2/c1-3-17-7-9-18(10-8-17)12-5-6-13(15-11-12)16-14(19)20-4-2/h5-6,11H,3-4,7-10H2,1-2H3,(H,15,16,19). The summed E-state index contributed by atoms with van der Waals surface area (Å²) in [5, 5.41) is 2.59. The van der Waals surface area contributed by atoms with Crippen LogP contribution in [-0.4, -0.2) is 55.3 Å². The van der Waals surface area contributed by atoms with Crippen LogP contribution in [0.5, 0.6) is 0 Å². The fourth-order valence-corrected chi connectivity index (χ4v) is 2.24. The Hall–Kier alpha value is -1.82. The first kappa shape index (κ1) is 14.6. The second-order valence-corrected chi connectivity index (χ2v) is 4.67. The van der Waals surface area contributed by atoms with Crippen LogP contribution < -0.4 is 10.2 Å². The van der Waals surface area contributed by atoms with Gasteiger partial charge in [-0.05, 0) is 25.6 Å². The Morgan fingerprint density at radius 3 is 2.60 bits per heavy atom. The van der Waals surface area contributed by atoms with Gasteiger partial charge in [0.2, 0.25) is 0 Å². The lowest BCUT2D eigenvalue weighted by Crippen LogP contribution is -2.46. The van der Waals surface area contributed by atoms with Crippen molar-refractivity contribution < 1.29 is 9.53 Å². The summed E-state index contributed by atoms with van der Waals surface area (Å²) < 4.78 is 4.81. The van der Waals surface area contributed by atoms with Crippen LogP contribution in [0.4, 0.5) is 16.3 Å². The molecule has 0 aliphatic carbocycles. The van der Waals surface area contributed by atoms with E-state index in [4.69, 9.17) is 4.74 Å². The first-order valence-electron chi connectivity index (χ1n) is 7.10. The van der Waals surface area contributed by atoms with Crippen molar-refractivity contribution in [3.05, 3.63) is 18.3 Å². The molecule has 6 heteroatoms. The maximum Gasteiger partial charge on any atom is 0.412 e. The largest absolute Gasteiger partial charge is 0.450 e. The topological polar surface area (TPSA) is 57.7 Å². The number of ether oxygens (including phenoxy) is 1. The third-order valence-electron chi connectivity index (χ3n) is 3.44. The van der Waals surface area contributed by atoms with Crippen LogP contribution in [-0.2, 0) is 4.74 Å². The maximum atomic E-state index is 11.3. The van der Waals surface area contributed by atoms with E-state index in [-0.39, 0.29) is 0 Å². The molecule has 0 saturated carbocycles. The van der Waals surface area contributed by atoms with E-state index in [1.807, 2.05) is 6.07 Å². The molecule has 1 aromatic heterocycles. The van der Waals surface area contributed by atoms with Gasteiger partial charge in [-0.3, -0.25) is 5.32 Å². The predicted molar refractivity (Wildman–Crippen MR) is 79.2 cm³/mol. The first-order chi connectivity index (χ1) is 9.72. The fraction of sp³-hybridized carbons (Fsp3) is 0.571. The zero-order valence-corrected chi connectivity index (χ0v) is 12.1. The highest BCUT2D eigenvalue weighted by atomic mass is 16.5. The summed E-state index contributed by atoms with van der Waals surface area (Å²) >= 11 is 0. The van der Waals surface area contributed by atoms with Crippen molar-refractivity contribution in [1.82, 2.24) is 9.88 Å². The number of carbonyl (C=O) groups excluding carboxylic acids is 1. The highest BCUT2D eigenvalue weighted by molar-refractivity contribution is 5.83. The van der Waals surface area contributed by atoms with E-state index in [2.05, 4.69) is 27.0 Å². The fourth-order valence-electron chi connectivity index (χ4n) is 2.24. The molecule has 20 heavy (non-hydrogen) atoms. The molecule has 1 aliphatic heterocycles. The Balaban J connectivity index is 1.90. The van der Waals surface area contributed by atoms with Crippen LogP contribution in [0, 0.1) is 0 Å². The van der Waals surface area contributed by atoms with Crippen molar-refractivity contribution in [3.63, 3.8) is 0 Å². The number of likely N-dealkylation sites (N-methyl/N-ethyl adjacent to an activating group) is 1. The number of aromatic nitrogens is 1. The summed E-state index contributed by atoms with van der Waals surface area (Å²) in [5.74, 6) is 0.513. The Morgan fingerprint density at radius 2 is 2.05 bits per heavy atom. The van der Waals surface area contributed by atoms with Crippen LogP contribution in [0.3, 0.4) is 0 Å². The SMILES string of the molecule is CCOC(=O)Nc1ccc(N2CCN(CC)CC2)cn1. The van der Waals surface area contributed by atoms with Crippen molar-refractivity contribution in [2.45, 2.75) is 13.8 Å². The highest BCUT2D eigenvalue weighted by Gasteiger charge is 2.16. The average Bonchev–Trinajstić information content (AvgIpc) is 2.48. The normalized spacial score (nSPS) is 16.0. The Kier molecular flexibility index (Phi) is 5.17. The van der Waals surface area contributed by atoms with Crippen LogP contribution in [0.15, 0.2) is 18.3 Å². The summed E-state index contributed by atoms with van der Waals surface area (Å²) in [4.78, 5) is 20.3. The zero-order chi connectivity index (χ0) is 14.4. The van der Waals surface area contributed by atoms with Gasteiger partial charge in [0.1, 0.15) is 5.82 Å². The van der Waals surface area contributed by atoms with Crippen molar-refractivity contribution >= 4 is 17.6 Å². The quantitative estimate of drug-likeness (QED) is 0.910. The Morgan fingerprint density at radius 1 is 1.30 bits per heavy atom. The van der Waals surface area contributed by atoms with Crippen LogP contribution >= 0.6 is 0 Å². The molecule has 1 amide bonds. The molecule has 0 aromatic carbocycles. The molecule has 1 saturated heterocycles. The second-order valence-electron chi connectivity index (χ2n) is 4.67. The molecule has 1 fully saturated rings. The molecular weight excluding hydrogens is 256 g/mol. The van der Waals surface area contributed by atoms with Gasteiger partial charge in [-0.25, -0.2) is 9.78 Å². The number of nitrogens with zero attached hydrogens (tertiary/aromatic N) is 3. The molecule has 1 N–H and O–H groups in total. The van der Waals surface area contributed by atoms with Gasteiger partial charge in [0, 0.05) is 26.2 Å². The molecule has 110 valence electrons. The molecular formula is C14H22N4O2. The van der Waals surface area contributed by atoms with Crippen molar-refractivity contribution in [3.8, 4) is 0 Å².